The van der Waals surface area contributed by atoms with Crippen molar-refractivity contribution in [1.29, 1.82) is 0 Å². The molecule has 0 aliphatic carbocycles. The molecule has 1 amide bonds. The molecule has 2 aliphatic rings. The number of hydrogen-bond donors (Lipinski definition) is 0. The van der Waals surface area contributed by atoms with Crippen molar-refractivity contribution in [3.8, 4) is 0 Å². The fourth-order valence-electron chi connectivity index (χ4n) is 3.72. The molecular weight excluding hydrogens is 314 g/mol. The molecule has 3 rings (SSSR count). The summed E-state index contributed by atoms with van der Waals surface area (Å²) in [4.78, 5) is 16.3. The first-order valence-electron chi connectivity index (χ1n) is 8.42. The van der Waals surface area contributed by atoms with E-state index in [9.17, 15) is 13.6 Å². The maximum absolute atomic E-state index is 13.9. The van der Waals surface area contributed by atoms with Gasteiger partial charge in [0.25, 0.3) is 0 Å². The molecule has 24 heavy (non-hydrogen) atoms. The van der Waals surface area contributed by atoms with E-state index >= 15 is 0 Å². The van der Waals surface area contributed by atoms with Gasteiger partial charge in [0.05, 0.1) is 13.2 Å². The predicted octanol–water partition coefficient (Wildman–Crippen LogP) is 2.42. The summed E-state index contributed by atoms with van der Waals surface area (Å²) in [5.41, 5.74) is 0.0823. The lowest BCUT2D eigenvalue weighted by Crippen LogP contribution is -2.41. The zero-order chi connectivity index (χ0) is 17.3. The van der Waals surface area contributed by atoms with Crippen molar-refractivity contribution >= 4 is 5.91 Å². The van der Waals surface area contributed by atoms with E-state index in [2.05, 4.69) is 4.90 Å². The molecule has 1 spiro atoms. The fraction of sp³-hybridized carbons (Fsp3) is 0.611. The largest absolute Gasteiger partial charge is 0.379 e. The Morgan fingerprint density at radius 3 is 2.79 bits per heavy atom. The van der Waals surface area contributed by atoms with Crippen molar-refractivity contribution in [2.45, 2.75) is 32.9 Å². The van der Waals surface area contributed by atoms with Crippen LogP contribution in [0, 0.1) is 17.0 Å². The Morgan fingerprint density at radius 1 is 1.29 bits per heavy atom. The van der Waals surface area contributed by atoms with Gasteiger partial charge in [-0.15, -0.1) is 0 Å². The van der Waals surface area contributed by atoms with E-state index in [1.54, 1.807) is 0 Å². The molecule has 2 saturated heterocycles. The number of carbonyl (C=O) groups excluding carboxylic acids is 1. The Balaban J connectivity index is 1.76. The third kappa shape index (κ3) is 3.59. The van der Waals surface area contributed by atoms with Crippen molar-refractivity contribution in [3.05, 3.63) is 35.4 Å². The Hall–Kier alpha value is -1.53. The van der Waals surface area contributed by atoms with Crippen LogP contribution in [0.3, 0.4) is 0 Å². The Morgan fingerprint density at radius 2 is 2.08 bits per heavy atom. The van der Waals surface area contributed by atoms with Crippen molar-refractivity contribution in [3.63, 3.8) is 0 Å². The van der Waals surface area contributed by atoms with Crippen LogP contribution in [0.15, 0.2) is 18.2 Å². The number of halogens is 2. The van der Waals surface area contributed by atoms with Crippen molar-refractivity contribution in [1.82, 2.24) is 9.80 Å². The first-order valence-corrected chi connectivity index (χ1v) is 8.42. The monoisotopic (exact) mass is 338 g/mol. The second-order valence-electron chi connectivity index (χ2n) is 7.29. The van der Waals surface area contributed by atoms with E-state index in [0.717, 1.165) is 12.1 Å². The van der Waals surface area contributed by atoms with Gasteiger partial charge in [0.1, 0.15) is 11.6 Å². The molecule has 2 aliphatic heterocycles. The summed E-state index contributed by atoms with van der Waals surface area (Å²) < 4.78 is 33.1. The normalized spacial score (nSPS) is 25.7. The van der Waals surface area contributed by atoms with Crippen molar-refractivity contribution in [2.24, 2.45) is 5.41 Å². The van der Waals surface area contributed by atoms with Crippen LogP contribution in [-0.4, -0.2) is 54.6 Å². The maximum Gasteiger partial charge on any atom is 0.223 e. The average Bonchev–Trinajstić information content (AvgIpc) is 2.71. The number of amides is 1. The molecule has 0 radical (unpaired) electrons. The van der Waals surface area contributed by atoms with Gasteiger partial charge in [-0.05, 0) is 32.0 Å². The minimum absolute atomic E-state index is 0.146. The standard InChI is InChI=1S/C18H24F2N2O2/c1-13(2)22-11-18(8-17(22)23)10-21(5-6-24-12-18)9-14-7-15(19)3-4-16(14)20/h3-4,7,13H,5-6,8-12H2,1-2H3/t18-/m1/s1. The summed E-state index contributed by atoms with van der Waals surface area (Å²) in [6, 6.07) is 3.69. The van der Waals surface area contributed by atoms with Crippen LogP contribution in [0.5, 0.6) is 0 Å². The van der Waals surface area contributed by atoms with E-state index in [1.165, 1.54) is 6.07 Å². The molecule has 2 fully saturated rings. The minimum atomic E-state index is -0.436. The second-order valence-corrected chi connectivity index (χ2v) is 7.29. The summed E-state index contributed by atoms with van der Waals surface area (Å²) in [5, 5.41) is 0. The van der Waals surface area contributed by atoms with Gasteiger partial charge in [0.2, 0.25) is 5.91 Å². The summed E-state index contributed by atoms with van der Waals surface area (Å²) in [5.74, 6) is -0.691. The first-order chi connectivity index (χ1) is 11.4. The smallest absolute Gasteiger partial charge is 0.223 e. The van der Waals surface area contributed by atoms with Gasteiger partial charge >= 0.3 is 0 Å². The van der Waals surface area contributed by atoms with Crippen LogP contribution in [-0.2, 0) is 16.1 Å². The third-order valence-electron chi connectivity index (χ3n) is 4.90. The van der Waals surface area contributed by atoms with Gasteiger partial charge in [-0.25, -0.2) is 8.78 Å². The molecule has 0 unspecified atom stereocenters. The molecule has 0 bridgehead atoms. The Labute approximate surface area is 141 Å². The predicted molar refractivity (Wildman–Crippen MR) is 86.4 cm³/mol. The lowest BCUT2D eigenvalue weighted by molar-refractivity contribution is -0.129. The van der Waals surface area contributed by atoms with Gasteiger partial charge in [-0.2, -0.15) is 0 Å². The molecular formula is C18H24F2N2O2. The number of hydrogen-bond acceptors (Lipinski definition) is 3. The van der Waals surface area contributed by atoms with Gasteiger partial charge in [-0.1, -0.05) is 0 Å². The van der Waals surface area contributed by atoms with Crippen molar-refractivity contribution in [2.75, 3.05) is 32.8 Å². The summed E-state index contributed by atoms with van der Waals surface area (Å²) >= 11 is 0. The number of nitrogens with zero attached hydrogens (tertiary/aromatic N) is 2. The quantitative estimate of drug-likeness (QED) is 0.849. The molecule has 0 aromatic heterocycles. The third-order valence-corrected chi connectivity index (χ3v) is 4.90. The first kappa shape index (κ1) is 17.3. The van der Waals surface area contributed by atoms with Crippen LogP contribution in [0.2, 0.25) is 0 Å². The SMILES string of the molecule is CC(C)N1C[C@@]2(COCCN(Cc3cc(F)ccc3F)C2)CC1=O. The summed E-state index contributed by atoms with van der Waals surface area (Å²) in [6.45, 7) is 7.36. The molecule has 1 aromatic rings. The molecule has 1 atom stereocenters. The van der Waals surface area contributed by atoms with E-state index in [4.69, 9.17) is 4.74 Å². The molecule has 1 aromatic carbocycles. The average molecular weight is 338 g/mol. The van der Waals surface area contributed by atoms with E-state index in [0.29, 0.717) is 51.4 Å². The second kappa shape index (κ2) is 6.76. The summed E-state index contributed by atoms with van der Waals surface area (Å²) in [6.07, 6.45) is 0.452. The van der Waals surface area contributed by atoms with E-state index in [1.807, 2.05) is 18.7 Å². The minimum Gasteiger partial charge on any atom is -0.379 e. The van der Waals surface area contributed by atoms with Crippen molar-refractivity contribution < 1.29 is 18.3 Å². The summed E-state index contributed by atoms with van der Waals surface area (Å²) in [7, 11) is 0. The van der Waals surface area contributed by atoms with Gasteiger partial charge in [0, 0.05) is 49.6 Å². The molecule has 0 saturated carbocycles. The molecule has 4 nitrogen and oxygen atoms in total. The number of ether oxygens (including phenoxy) is 1. The molecule has 2 heterocycles. The van der Waals surface area contributed by atoms with E-state index < -0.39 is 11.6 Å². The van der Waals surface area contributed by atoms with Crippen LogP contribution in [0.1, 0.15) is 25.8 Å². The zero-order valence-corrected chi connectivity index (χ0v) is 14.2. The van der Waals surface area contributed by atoms with E-state index in [-0.39, 0.29) is 17.4 Å². The van der Waals surface area contributed by atoms with Gasteiger partial charge in [-0.3, -0.25) is 9.69 Å². The highest BCUT2D eigenvalue weighted by atomic mass is 19.1. The number of carbonyl (C=O) groups is 1. The topological polar surface area (TPSA) is 32.8 Å². The number of benzene rings is 1. The number of rotatable bonds is 3. The van der Waals surface area contributed by atoms with Gasteiger partial charge < -0.3 is 9.64 Å². The lowest BCUT2D eigenvalue weighted by Gasteiger charge is -2.32. The molecule has 0 N–H and O–H groups in total. The van der Waals surface area contributed by atoms with Crippen LogP contribution >= 0.6 is 0 Å². The Bertz CT molecular complexity index is 623. The van der Waals surface area contributed by atoms with Crippen LogP contribution < -0.4 is 0 Å². The van der Waals surface area contributed by atoms with Gasteiger partial charge in [0.15, 0.2) is 0 Å². The lowest BCUT2D eigenvalue weighted by atomic mass is 9.87. The molecule has 6 heteroatoms. The van der Waals surface area contributed by atoms with Crippen LogP contribution in [0.25, 0.3) is 0 Å². The fourth-order valence-corrected chi connectivity index (χ4v) is 3.72. The highest BCUT2D eigenvalue weighted by Gasteiger charge is 2.46. The highest BCUT2D eigenvalue weighted by molar-refractivity contribution is 5.79. The number of likely N-dealkylation sites (tertiary alicyclic amines) is 1. The maximum atomic E-state index is 13.9. The molecule has 132 valence electrons. The zero-order valence-electron chi connectivity index (χ0n) is 14.2. The van der Waals surface area contributed by atoms with Crippen LogP contribution in [0.4, 0.5) is 8.78 Å². The highest BCUT2D eigenvalue weighted by Crippen LogP contribution is 2.35. The Kier molecular flexibility index (Phi) is 4.88.